The molecule has 12 heteroatoms. The molecular weight excluding hydrogens is 554 g/mol. The van der Waals surface area contributed by atoms with Crippen LogP contribution in [-0.4, -0.2) is 83.8 Å². The number of ether oxygens (including phenoxy) is 1. The minimum Gasteiger partial charge on any atom is -0.381 e. The van der Waals surface area contributed by atoms with Crippen LogP contribution in [0.3, 0.4) is 0 Å². The van der Waals surface area contributed by atoms with Crippen LogP contribution in [0.2, 0.25) is 0 Å². The van der Waals surface area contributed by atoms with E-state index in [4.69, 9.17) is 9.57 Å². The third-order valence-corrected chi connectivity index (χ3v) is 8.72. The highest BCUT2D eigenvalue weighted by Crippen LogP contribution is 2.37. The first-order valence-corrected chi connectivity index (χ1v) is 15.8. The van der Waals surface area contributed by atoms with Crippen molar-refractivity contribution in [2.75, 3.05) is 19.8 Å². The van der Waals surface area contributed by atoms with Crippen molar-refractivity contribution in [1.29, 1.82) is 0 Å². The number of hydroxylamine groups is 1. The highest BCUT2D eigenvalue weighted by molar-refractivity contribution is 6.38. The molecule has 4 rings (SSSR count). The average molecular weight is 604 g/mol. The van der Waals surface area contributed by atoms with Crippen LogP contribution in [0.1, 0.15) is 92.4 Å². The molecule has 1 saturated carbocycles. The third-order valence-electron chi connectivity index (χ3n) is 8.72. The molecule has 3 heterocycles. The van der Waals surface area contributed by atoms with Crippen LogP contribution in [0.15, 0.2) is 11.8 Å². The Morgan fingerprint density at radius 3 is 2.35 bits per heavy atom. The van der Waals surface area contributed by atoms with E-state index in [1.165, 1.54) is 4.90 Å². The lowest BCUT2D eigenvalue weighted by molar-refractivity contribution is -0.145. The van der Waals surface area contributed by atoms with Gasteiger partial charge in [0.2, 0.25) is 23.5 Å². The normalized spacial score (nSPS) is 25.5. The molecule has 1 spiro atoms. The summed E-state index contributed by atoms with van der Waals surface area (Å²) in [6, 6.07) is -2.86. The predicted octanol–water partition coefficient (Wildman–Crippen LogP) is 1.64. The molecule has 0 radical (unpaired) electrons. The van der Waals surface area contributed by atoms with Crippen molar-refractivity contribution in [3.8, 4) is 0 Å². The quantitative estimate of drug-likeness (QED) is 0.246. The van der Waals surface area contributed by atoms with Gasteiger partial charge in [-0.15, -0.1) is 0 Å². The van der Waals surface area contributed by atoms with Gasteiger partial charge in [0.15, 0.2) is 0 Å². The third kappa shape index (κ3) is 8.35. The maximum Gasteiger partial charge on any atom is 0.289 e. The van der Waals surface area contributed by atoms with Gasteiger partial charge in [0, 0.05) is 37.8 Å². The summed E-state index contributed by atoms with van der Waals surface area (Å²) >= 11 is 0. The number of nitrogens with zero attached hydrogens (tertiary/aromatic N) is 1. The summed E-state index contributed by atoms with van der Waals surface area (Å²) in [6.45, 7) is 10.8. The lowest BCUT2D eigenvalue weighted by Gasteiger charge is -2.36. The van der Waals surface area contributed by atoms with Gasteiger partial charge in [-0.25, -0.2) is 0 Å². The van der Waals surface area contributed by atoms with Gasteiger partial charge < -0.3 is 25.6 Å². The number of amides is 4. The topological polar surface area (TPSA) is 155 Å². The first-order valence-electron chi connectivity index (χ1n) is 15.8. The lowest BCUT2D eigenvalue weighted by atomic mass is 9.85. The summed E-state index contributed by atoms with van der Waals surface area (Å²) < 4.78 is 5.41. The molecule has 4 N–H and O–H groups in total. The number of rotatable bonds is 12. The molecule has 43 heavy (non-hydrogen) atoms. The summed E-state index contributed by atoms with van der Waals surface area (Å²) in [6.07, 6.45) is 7.20. The van der Waals surface area contributed by atoms with E-state index >= 15 is 0 Å². The Balaban J connectivity index is 1.54. The van der Waals surface area contributed by atoms with Crippen LogP contribution in [-0.2, 0) is 33.5 Å². The second-order valence-electron chi connectivity index (χ2n) is 13.6. The second kappa shape index (κ2) is 13.8. The molecule has 4 amide bonds. The molecule has 3 aliphatic heterocycles. The average Bonchev–Trinajstić information content (AvgIpc) is 3.56. The molecule has 12 nitrogen and oxygen atoms in total. The number of Topliss-reactive ketones (excluding diaryl/α,β-unsaturated/α-hetero) is 1. The van der Waals surface area contributed by atoms with E-state index in [1.54, 1.807) is 0 Å². The number of nitrogens with one attached hydrogen (secondary N) is 4. The number of hydrogen-bond donors (Lipinski definition) is 4. The summed E-state index contributed by atoms with van der Waals surface area (Å²) in [4.78, 5) is 74.3. The maximum atomic E-state index is 14.3. The molecule has 0 aromatic carbocycles. The van der Waals surface area contributed by atoms with Crippen LogP contribution < -0.4 is 21.4 Å². The fraction of sp³-hybridized carbons (Fsp3) is 0.774. The van der Waals surface area contributed by atoms with E-state index < -0.39 is 52.6 Å². The van der Waals surface area contributed by atoms with Gasteiger partial charge in [-0.05, 0) is 55.9 Å². The van der Waals surface area contributed by atoms with E-state index in [9.17, 15) is 24.0 Å². The monoisotopic (exact) mass is 603 g/mol. The van der Waals surface area contributed by atoms with Crippen LogP contribution in [0, 0.1) is 11.3 Å². The molecule has 3 fully saturated rings. The van der Waals surface area contributed by atoms with Gasteiger partial charge in [-0.2, -0.15) is 0 Å². The van der Waals surface area contributed by atoms with E-state index in [0.29, 0.717) is 38.9 Å². The highest BCUT2D eigenvalue weighted by atomic mass is 16.7. The smallest absolute Gasteiger partial charge is 0.289 e. The Bertz CT molecular complexity index is 1110. The standard InChI is InChI=1S/C31H49N5O7/c1-6-8-22(25(38)28(40)32-21-9-10-21)33-27(39)23-17-31(16-20(7-2)35-43-31)18-36(23)29(41)26(30(3,4)5)34-24(37)15-19-11-13-42-14-12-19/h16,19,21-23,26,35H,6-15,17-18H2,1-5H3,(H,32,40)(H,33,39)(H,34,37)/t22-,23-,26+,31+/m0/s1. The van der Waals surface area contributed by atoms with Gasteiger partial charge in [0.05, 0.1) is 12.6 Å². The molecule has 1 aliphatic carbocycles. The number of hydrogen-bond acceptors (Lipinski definition) is 8. The number of likely N-dealkylation sites (tertiary alicyclic amines) is 1. The van der Waals surface area contributed by atoms with Gasteiger partial charge in [-0.1, -0.05) is 41.0 Å². The van der Waals surface area contributed by atoms with Crippen LogP contribution in [0.5, 0.6) is 0 Å². The van der Waals surface area contributed by atoms with Crippen molar-refractivity contribution in [2.45, 2.75) is 122 Å². The molecule has 0 bridgehead atoms. The molecule has 0 aromatic heterocycles. The second-order valence-corrected chi connectivity index (χ2v) is 13.6. The summed E-state index contributed by atoms with van der Waals surface area (Å²) in [7, 11) is 0. The molecule has 0 unspecified atom stereocenters. The van der Waals surface area contributed by atoms with E-state index in [-0.39, 0.29) is 30.8 Å². The highest BCUT2D eigenvalue weighted by Gasteiger charge is 2.53. The van der Waals surface area contributed by atoms with Crippen LogP contribution in [0.25, 0.3) is 0 Å². The SMILES string of the molecule is CCC[C@H](NC(=O)[C@@H]1C[C@]2(C=C(CC)NO2)CN1C(=O)[C@@H](NC(=O)CC1CCOCC1)C(C)(C)C)C(=O)C(=O)NC1CC1. The fourth-order valence-corrected chi connectivity index (χ4v) is 5.98. The van der Waals surface area contributed by atoms with Gasteiger partial charge >= 0.3 is 0 Å². The molecule has 4 atom stereocenters. The number of carbonyl (C=O) groups is 5. The largest absolute Gasteiger partial charge is 0.381 e. The molecule has 2 saturated heterocycles. The molecule has 0 aromatic rings. The number of ketones is 1. The van der Waals surface area contributed by atoms with Crippen molar-refractivity contribution in [3.63, 3.8) is 0 Å². The Labute approximate surface area is 254 Å². The lowest BCUT2D eigenvalue weighted by Crippen LogP contribution is -2.59. The molecular formula is C31H49N5O7. The predicted molar refractivity (Wildman–Crippen MR) is 158 cm³/mol. The summed E-state index contributed by atoms with van der Waals surface area (Å²) in [5.41, 5.74) is 2.17. The van der Waals surface area contributed by atoms with E-state index in [0.717, 1.165) is 31.4 Å². The Hall–Kier alpha value is -2.99. The first-order chi connectivity index (χ1) is 20.4. The summed E-state index contributed by atoms with van der Waals surface area (Å²) in [5.74, 6) is -2.32. The van der Waals surface area contributed by atoms with Crippen molar-refractivity contribution in [3.05, 3.63) is 11.8 Å². The minimum atomic E-state index is -1.01. The Morgan fingerprint density at radius 2 is 1.77 bits per heavy atom. The minimum absolute atomic E-state index is 0.0137. The van der Waals surface area contributed by atoms with Crippen molar-refractivity contribution in [2.24, 2.45) is 11.3 Å². The van der Waals surface area contributed by atoms with Gasteiger partial charge in [-0.3, -0.25) is 34.3 Å². The molecule has 240 valence electrons. The van der Waals surface area contributed by atoms with E-state index in [2.05, 4.69) is 21.4 Å². The molecule has 4 aliphatic rings. The Kier molecular flexibility index (Phi) is 10.5. The Morgan fingerprint density at radius 1 is 1.07 bits per heavy atom. The number of allylic oxidation sites excluding steroid dienone is 1. The maximum absolute atomic E-state index is 14.3. The van der Waals surface area contributed by atoms with Crippen LogP contribution >= 0.6 is 0 Å². The zero-order chi connectivity index (χ0) is 31.4. The van der Waals surface area contributed by atoms with Gasteiger partial charge in [0.1, 0.15) is 17.7 Å². The van der Waals surface area contributed by atoms with Crippen LogP contribution in [0.4, 0.5) is 0 Å². The van der Waals surface area contributed by atoms with E-state index in [1.807, 2.05) is 40.7 Å². The van der Waals surface area contributed by atoms with Crippen molar-refractivity contribution in [1.82, 2.24) is 26.3 Å². The summed E-state index contributed by atoms with van der Waals surface area (Å²) in [5, 5.41) is 8.46. The fourth-order valence-electron chi connectivity index (χ4n) is 5.98. The van der Waals surface area contributed by atoms with Crippen molar-refractivity contribution < 1.29 is 33.5 Å². The zero-order valence-corrected chi connectivity index (χ0v) is 26.3. The zero-order valence-electron chi connectivity index (χ0n) is 26.3. The van der Waals surface area contributed by atoms with Crippen molar-refractivity contribution >= 4 is 29.4 Å². The number of carbonyl (C=O) groups excluding carboxylic acids is 5. The van der Waals surface area contributed by atoms with Gasteiger partial charge in [0.25, 0.3) is 5.91 Å². The first kappa shape index (κ1) is 32.9.